The fourth-order valence-corrected chi connectivity index (χ4v) is 4.61. The quantitative estimate of drug-likeness (QED) is 0.369. The average molecular weight is 511 g/mol. The molecule has 1 aromatic heterocycles. The van der Waals surface area contributed by atoms with Crippen LogP contribution in [0.3, 0.4) is 0 Å². The largest absolute Gasteiger partial charge is 1.00 e. The van der Waals surface area contributed by atoms with Gasteiger partial charge in [-0.25, -0.2) is 0 Å². The molecule has 0 fully saturated rings. The van der Waals surface area contributed by atoms with Gasteiger partial charge in [0.15, 0.2) is 0 Å². The number of imidazole rings is 1. The highest BCUT2D eigenvalue weighted by Gasteiger charge is 2.23. The Labute approximate surface area is 174 Å². The molecule has 3 aromatic rings. The van der Waals surface area contributed by atoms with Crippen LogP contribution in [0.1, 0.15) is 33.4 Å². The normalized spacial score (nSPS) is 10.7. The standard InChI is InChI=1S/C21H24IN2.BrH/c1-13-9-15(3)19(16(4)10-13)23-7-8-24(21(23)22)20-17(5)11-14(2)12-18(20)6;/h7-12H,1-6H3;1H/q+1;/p-1. The highest BCUT2D eigenvalue weighted by atomic mass is 127. The van der Waals surface area contributed by atoms with E-state index in [9.17, 15) is 0 Å². The number of hydrogen-bond acceptors (Lipinski definition) is 0. The third-order valence-corrected chi connectivity index (χ3v) is 5.55. The molecule has 0 amide bonds. The van der Waals surface area contributed by atoms with Gasteiger partial charge in [0.25, 0.3) is 0 Å². The maximum atomic E-state index is 2.45. The molecule has 0 saturated heterocycles. The van der Waals surface area contributed by atoms with Crippen molar-refractivity contribution in [3.8, 4) is 11.4 Å². The van der Waals surface area contributed by atoms with Crippen molar-refractivity contribution in [3.63, 3.8) is 0 Å². The summed E-state index contributed by atoms with van der Waals surface area (Å²) in [5.41, 5.74) is 10.4. The molecule has 2 nitrogen and oxygen atoms in total. The van der Waals surface area contributed by atoms with Gasteiger partial charge in [-0.15, -0.1) is 0 Å². The van der Waals surface area contributed by atoms with Gasteiger partial charge in [-0.1, -0.05) is 35.4 Å². The van der Waals surface area contributed by atoms with E-state index in [4.69, 9.17) is 0 Å². The van der Waals surface area contributed by atoms with Gasteiger partial charge in [0.1, 0.15) is 23.8 Å². The molecule has 0 aliphatic rings. The Bertz CT molecular complexity index is 820. The van der Waals surface area contributed by atoms with Gasteiger partial charge in [0.2, 0.25) is 0 Å². The average Bonchev–Trinajstić information content (AvgIpc) is 2.79. The molecule has 0 atom stereocenters. The molecule has 4 heteroatoms. The molecule has 0 saturated carbocycles. The molecule has 0 radical (unpaired) electrons. The van der Waals surface area contributed by atoms with Crippen molar-refractivity contribution in [1.29, 1.82) is 0 Å². The first-order chi connectivity index (χ1) is 11.3. The first-order valence-electron chi connectivity index (χ1n) is 8.24. The van der Waals surface area contributed by atoms with Gasteiger partial charge in [-0.3, -0.25) is 0 Å². The van der Waals surface area contributed by atoms with Crippen LogP contribution in [0, 0.1) is 45.4 Å². The summed E-state index contributed by atoms with van der Waals surface area (Å²) < 4.78 is 5.78. The number of rotatable bonds is 2. The van der Waals surface area contributed by atoms with Gasteiger partial charge in [-0.05, 0) is 63.8 Å². The molecule has 1 heterocycles. The van der Waals surface area contributed by atoms with Crippen molar-refractivity contribution >= 4 is 22.6 Å². The minimum Gasteiger partial charge on any atom is -1.00 e. The maximum Gasteiger partial charge on any atom is 0.327 e. The maximum absolute atomic E-state index is 2.45. The van der Waals surface area contributed by atoms with Crippen molar-refractivity contribution in [2.24, 2.45) is 0 Å². The van der Waals surface area contributed by atoms with E-state index in [1.165, 1.54) is 48.6 Å². The molecule has 0 aliphatic heterocycles. The lowest BCUT2D eigenvalue weighted by Crippen LogP contribution is -3.00. The summed E-state index contributed by atoms with van der Waals surface area (Å²) in [4.78, 5) is 0. The molecule has 2 aromatic carbocycles. The lowest BCUT2D eigenvalue weighted by atomic mass is 10.0. The third-order valence-electron chi connectivity index (χ3n) is 4.51. The van der Waals surface area contributed by atoms with Crippen molar-refractivity contribution in [2.75, 3.05) is 0 Å². The van der Waals surface area contributed by atoms with Crippen molar-refractivity contribution in [1.82, 2.24) is 4.57 Å². The Balaban J connectivity index is 0.00000225. The summed E-state index contributed by atoms with van der Waals surface area (Å²) in [5, 5.41) is 0. The number of nitrogens with zero attached hydrogens (tertiary/aromatic N) is 2. The van der Waals surface area contributed by atoms with Gasteiger partial charge < -0.3 is 17.0 Å². The highest BCUT2D eigenvalue weighted by Crippen LogP contribution is 2.24. The van der Waals surface area contributed by atoms with Gasteiger partial charge in [-0.2, -0.15) is 9.13 Å². The molecule has 0 aliphatic carbocycles. The van der Waals surface area contributed by atoms with E-state index in [0.717, 1.165) is 0 Å². The van der Waals surface area contributed by atoms with Crippen molar-refractivity contribution < 1.29 is 21.5 Å². The minimum atomic E-state index is 0. The van der Waals surface area contributed by atoms with Crippen LogP contribution >= 0.6 is 22.6 Å². The van der Waals surface area contributed by atoms with E-state index >= 15 is 0 Å². The second-order valence-electron chi connectivity index (χ2n) is 6.80. The number of aromatic nitrogens is 2. The monoisotopic (exact) mass is 510 g/mol. The number of benzene rings is 2. The van der Waals surface area contributed by atoms with Crippen molar-refractivity contribution in [2.45, 2.75) is 41.5 Å². The number of aryl methyl sites for hydroxylation is 6. The summed E-state index contributed by atoms with van der Waals surface area (Å²) >= 11 is 2.45. The molecular weight excluding hydrogens is 487 g/mol. The van der Waals surface area contributed by atoms with Gasteiger partial charge in [0, 0.05) is 0 Å². The lowest BCUT2D eigenvalue weighted by Gasteiger charge is -2.10. The second-order valence-corrected chi connectivity index (χ2v) is 7.77. The van der Waals surface area contributed by atoms with Crippen LogP contribution in [-0.4, -0.2) is 4.57 Å². The van der Waals surface area contributed by atoms with E-state index in [2.05, 4.69) is 110 Å². The predicted octanol–water partition coefficient (Wildman–Crippen LogP) is 2.21. The molecule has 0 spiro atoms. The minimum absolute atomic E-state index is 0. The SMILES string of the molecule is Cc1cc(C)c(-n2cc[n+](-c3c(C)cc(C)cc3C)c2I)c(C)c1.[Br-]. The fourth-order valence-electron chi connectivity index (χ4n) is 3.81. The fraction of sp³-hybridized carbons (Fsp3) is 0.286. The lowest BCUT2D eigenvalue weighted by molar-refractivity contribution is -0.609. The second kappa shape index (κ2) is 7.62. The van der Waals surface area contributed by atoms with E-state index < -0.39 is 0 Å². The smallest absolute Gasteiger partial charge is 0.327 e. The van der Waals surface area contributed by atoms with Crippen LogP contribution < -0.4 is 21.5 Å². The van der Waals surface area contributed by atoms with Crippen LogP contribution in [0.4, 0.5) is 0 Å². The third kappa shape index (κ3) is 3.70. The zero-order valence-electron chi connectivity index (χ0n) is 15.6. The van der Waals surface area contributed by atoms with Crippen molar-refractivity contribution in [3.05, 3.63) is 73.9 Å². The topological polar surface area (TPSA) is 8.81 Å². The Morgan fingerprint density at radius 1 is 0.760 bits per heavy atom. The summed E-state index contributed by atoms with van der Waals surface area (Å²) in [6.45, 7) is 13.1. The Morgan fingerprint density at radius 2 is 1.20 bits per heavy atom. The Morgan fingerprint density at radius 3 is 1.68 bits per heavy atom. The predicted molar refractivity (Wildman–Crippen MR) is 108 cm³/mol. The van der Waals surface area contributed by atoms with Gasteiger partial charge in [0.05, 0.1) is 22.6 Å². The van der Waals surface area contributed by atoms with Gasteiger partial charge >= 0.3 is 3.83 Å². The van der Waals surface area contributed by atoms with Crippen LogP contribution in [0.25, 0.3) is 11.4 Å². The molecule has 0 N–H and O–H groups in total. The van der Waals surface area contributed by atoms with E-state index in [0.29, 0.717) is 0 Å². The summed E-state index contributed by atoms with van der Waals surface area (Å²) in [7, 11) is 0. The van der Waals surface area contributed by atoms with Crippen LogP contribution in [0.5, 0.6) is 0 Å². The first-order valence-corrected chi connectivity index (χ1v) is 9.32. The molecule has 3 rings (SSSR count). The van der Waals surface area contributed by atoms with E-state index in [-0.39, 0.29) is 17.0 Å². The summed E-state index contributed by atoms with van der Waals surface area (Å²) in [6.07, 6.45) is 4.34. The zero-order chi connectivity index (χ0) is 17.6. The first kappa shape index (κ1) is 20.2. The molecular formula is C21H24BrIN2. The van der Waals surface area contributed by atoms with Crippen LogP contribution in [0.15, 0.2) is 36.7 Å². The molecule has 0 bridgehead atoms. The zero-order valence-corrected chi connectivity index (χ0v) is 19.4. The molecule has 0 unspecified atom stereocenters. The van der Waals surface area contributed by atoms with Crippen LogP contribution in [-0.2, 0) is 0 Å². The summed E-state index contributed by atoms with van der Waals surface area (Å²) in [5.74, 6) is 0. The molecule has 25 heavy (non-hydrogen) atoms. The van der Waals surface area contributed by atoms with E-state index in [1.807, 2.05) is 0 Å². The number of halogens is 2. The molecule has 132 valence electrons. The Kier molecular flexibility index (Phi) is 6.15. The highest BCUT2D eigenvalue weighted by molar-refractivity contribution is 14.1. The summed E-state index contributed by atoms with van der Waals surface area (Å²) in [6, 6.07) is 9.02. The van der Waals surface area contributed by atoms with E-state index in [1.54, 1.807) is 0 Å². The Hall–Kier alpha value is -1.14. The van der Waals surface area contributed by atoms with Crippen LogP contribution in [0.2, 0.25) is 0 Å². The number of hydrogen-bond donors (Lipinski definition) is 0.